The first kappa shape index (κ1) is 12.9. The van der Waals surface area contributed by atoms with Crippen molar-refractivity contribution in [2.75, 3.05) is 0 Å². The maximum Gasteiger partial charge on any atom is 0.0727 e. The molecule has 2 N–H and O–H groups in total. The lowest BCUT2D eigenvalue weighted by molar-refractivity contribution is 0.132. The molecular weight excluding hydrogens is 238 g/mol. The summed E-state index contributed by atoms with van der Waals surface area (Å²) in [6.45, 7) is 0. The Labute approximate surface area is 117 Å². The summed E-state index contributed by atoms with van der Waals surface area (Å²) in [6.07, 6.45) is 15.8. The smallest absolute Gasteiger partial charge is 0.0727 e. The summed E-state index contributed by atoms with van der Waals surface area (Å²) in [5, 5.41) is 0. The number of rotatable bonds is 5. The topological polar surface area (TPSA) is 26.0 Å². The summed E-state index contributed by atoms with van der Waals surface area (Å²) < 4.78 is 0. The quantitative estimate of drug-likeness (QED) is 0.587. The summed E-state index contributed by atoms with van der Waals surface area (Å²) >= 11 is 4.97. The van der Waals surface area contributed by atoms with E-state index in [0.29, 0.717) is 4.99 Å². The van der Waals surface area contributed by atoms with E-state index in [1.54, 1.807) is 25.7 Å². The van der Waals surface area contributed by atoms with Gasteiger partial charge in [-0.1, -0.05) is 37.9 Å². The molecule has 4 unspecified atom stereocenters. The van der Waals surface area contributed by atoms with Gasteiger partial charge in [-0.3, -0.25) is 0 Å². The van der Waals surface area contributed by atoms with Gasteiger partial charge >= 0.3 is 0 Å². The van der Waals surface area contributed by atoms with E-state index in [9.17, 15) is 0 Å². The van der Waals surface area contributed by atoms with Crippen molar-refractivity contribution in [3.8, 4) is 0 Å². The Balaban J connectivity index is 1.57. The molecule has 0 spiro atoms. The zero-order valence-electron chi connectivity index (χ0n) is 11.5. The Morgan fingerprint density at radius 1 is 1.11 bits per heavy atom. The molecule has 0 heterocycles. The van der Waals surface area contributed by atoms with E-state index >= 15 is 0 Å². The molecule has 0 aromatic rings. The molecule has 3 bridgehead atoms. The predicted molar refractivity (Wildman–Crippen MR) is 80.5 cm³/mol. The van der Waals surface area contributed by atoms with Gasteiger partial charge in [0.05, 0.1) is 4.99 Å². The molecule has 0 aliphatic heterocycles. The van der Waals surface area contributed by atoms with Gasteiger partial charge in [-0.05, 0) is 68.1 Å². The Morgan fingerprint density at radius 3 is 2.78 bits per heavy atom. The Morgan fingerprint density at radius 2 is 1.94 bits per heavy atom. The van der Waals surface area contributed by atoms with E-state index in [-0.39, 0.29) is 0 Å². The average molecular weight is 265 g/mol. The molecule has 102 valence electrons. The fourth-order valence-electron chi connectivity index (χ4n) is 5.43. The first-order valence-electron chi connectivity index (χ1n) is 7.95. The van der Waals surface area contributed by atoms with Crippen LogP contribution in [0.4, 0.5) is 0 Å². The van der Waals surface area contributed by atoms with Crippen LogP contribution in [-0.2, 0) is 0 Å². The van der Waals surface area contributed by atoms with Crippen LogP contribution in [-0.4, -0.2) is 4.99 Å². The van der Waals surface area contributed by atoms with Crippen molar-refractivity contribution in [2.24, 2.45) is 28.9 Å². The van der Waals surface area contributed by atoms with Gasteiger partial charge in [0, 0.05) is 0 Å². The van der Waals surface area contributed by atoms with Crippen molar-refractivity contribution < 1.29 is 0 Å². The largest absolute Gasteiger partial charge is 0.393 e. The molecule has 3 fully saturated rings. The molecule has 0 radical (unpaired) electrons. The van der Waals surface area contributed by atoms with Crippen molar-refractivity contribution in [2.45, 2.75) is 70.6 Å². The standard InChI is InChI=1S/C16H27NS/c17-15(18)6-1-2-7-16-9-12-4-3-5-13(10-16)14(8-12)11-16/h12-14H,1-11H2,(H2,17,18). The highest BCUT2D eigenvalue weighted by Gasteiger charge is 2.50. The van der Waals surface area contributed by atoms with Crippen LogP contribution in [0, 0.1) is 23.2 Å². The maximum absolute atomic E-state index is 5.59. The van der Waals surface area contributed by atoms with Gasteiger partial charge in [0.1, 0.15) is 0 Å². The lowest BCUT2D eigenvalue weighted by atomic mass is 9.67. The van der Waals surface area contributed by atoms with Crippen LogP contribution in [0.15, 0.2) is 0 Å². The van der Waals surface area contributed by atoms with Crippen LogP contribution >= 0.6 is 12.2 Å². The van der Waals surface area contributed by atoms with Crippen molar-refractivity contribution in [3.63, 3.8) is 0 Å². The second kappa shape index (κ2) is 5.11. The van der Waals surface area contributed by atoms with Crippen LogP contribution < -0.4 is 5.73 Å². The SMILES string of the molecule is NC(=S)CCCCC12CC3CCCC(C1)C(C3)C2. The Kier molecular flexibility index (Phi) is 3.66. The van der Waals surface area contributed by atoms with Crippen LogP contribution in [0.25, 0.3) is 0 Å². The molecular formula is C16H27NS. The van der Waals surface area contributed by atoms with Crippen LogP contribution in [0.1, 0.15) is 70.6 Å². The zero-order valence-corrected chi connectivity index (χ0v) is 12.3. The van der Waals surface area contributed by atoms with Gasteiger partial charge in [-0.25, -0.2) is 0 Å². The number of fused-ring (bicyclic) bond motifs is 2. The van der Waals surface area contributed by atoms with E-state index in [2.05, 4.69) is 0 Å². The first-order chi connectivity index (χ1) is 8.67. The second-order valence-corrected chi connectivity index (χ2v) is 7.86. The zero-order chi connectivity index (χ0) is 12.6. The fourth-order valence-corrected chi connectivity index (χ4v) is 5.57. The molecule has 2 heteroatoms. The second-order valence-electron chi connectivity index (χ2n) is 7.34. The highest BCUT2D eigenvalue weighted by Crippen LogP contribution is 2.61. The van der Waals surface area contributed by atoms with E-state index < -0.39 is 0 Å². The molecule has 0 amide bonds. The summed E-state index contributed by atoms with van der Waals surface area (Å²) in [5.41, 5.74) is 6.34. The van der Waals surface area contributed by atoms with Gasteiger partial charge in [-0.15, -0.1) is 0 Å². The number of hydrogen-bond acceptors (Lipinski definition) is 1. The van der Waals surface area contributed by atoms with Gasteiger partial charge in [0.25, 0.3) is 0 Å². The van der Waals surface area contributed by atoms with Crippen LogP contribution in [0.3, 0.4) is 0 Å². The highest BCUT2D eigenvalue weighted by molar-refractivity contribution is 7.80. The average Bonchev–Trinajstić information content (AvgIpc) is 2.47. The molecule has 18 heavy (non-hydrogen) atoms. The fraction of sp³-hybridized carbons (Fsp3) is 0.938. The number of nitrogens with two attached hydrogens (primary N) is 1. The monoisotopic (exact) mass is 265 g/mol. The number of hydrogen-bond donors (Lipinski definition) is 1. The summed E-state index contributed by atoms with van der Waals surface area (Å²) in [5.74, 6) is 3.27. The number of unbranched alkanes of at least 4 members (excludes halogenated alkanes) is 1. The van der Waals surface area contributed by atoms with E-state index in [0.717, 1.165) is 29.6 Å². The molecule has 3 saturated carbocycles. The lowest BCUT2D eigenvalue weighted by Gasteiger charge is -2.38. The summed E-state index contributed by atoms with van der Waals surface area (Å²) in [7, 11) is 0. The predicted octanol–water partition coefficient (Wildman–Crippen LogP) is 4.44. The molecule has 1 nitrogen and oxygen atoms in total. The van der Waals surface area contributed by atoms with Crippen molar-refractivity contribution in [1.29, 1.82) is 0 Å². The molecule has 3 aliphatic rings. The minimum Gasteiger partial charge on any atom is -0.393 e. The van der Waals surface area contributed by atoms with E-state index in [4.69, 9.17) is 18.0 Å². The molecule has 0 aromatic heterocycles. The summed E-state index contributed by atoms with van der Waals surface area (Å²) in [4.78, 5) is 0.706. The van der Waals surface area contributed by atoms with Gasteiger partial charge in [0.15, 0.2) is 0 Å². The molecule has 4 atom stereocenters. The van der Waals surface area contributed by atoms with E-state index in [1.807, 2.05) is 0 Å². The van der Waals surface area contributed by atoms with Gasteiger partial charge in [0.2, 0.25) is 0 Å². The molecule has 0 aromatic carbocycles. The third-order valence-corrected chi connectivity index (χ3v) is 6.19. The van der Waals surface area contributed by atoms with E-state index in [1.165, 1.54) is 38.5 Å². The van der Waals surface area contributed by atoms with Crippen molar-refractivity contribution in [3.05, 3.63) is 0 Å². The normalized spacial score (nSPS) is 41.9. The van der Waals surface area contributed by atoms with Crippen molar-refractivity contribution >= 4 is 17.2 Å². The lowest BCUT2D eigenvalue weighted by Crippen LogP contribution is -2.26. The minimum absolute atomic E-state index is 0.706. The summed E-state index contributed by atoms with van der Waals surface area (Å²) in [6, 6.07) is 0. The molecule has 0 saturated heterocycles. The van der Waals surface area contributed by atoms with Crippen LogP contribution in [0.5, 0.6) is 0 Å². The van der Waals surface area contributed by atoms with Gasteiger partial charge < -0.3 is 5.73 Å². The van der Waals surface area contributed by atoms with Gasteiger partial charge in [-0.2, -0.15) is 0 Å². The first-order valence-corrected chi connectivity index (χ1v) is 8.36. The Bertz CT molecular complexity index is 323. The number of thiocarbonyl (C=S) groups is 1. The highest BCUT2D eigenvalue weighted by atomic mass is 32.1. The molecule has 3 aliphatic carbocycles. The third-order valence-electron chi connectivity index (χ3n) is 5.98. The maximum atomic E-state index is 5.59. The Hall–Kier alpha value is -0.110. The van der Waals surface area contributed by atoms with Crippen molar-refractivity contribution in [1.82, 2.24) is 0 Å². The van der Waals surface area contributed by atoms with Crippen LogP contribution in [0.2, 0.25) is 0 Å². The minimum atomic E-state index is 0.706. The molecule has 3 rings (SSSR count). The third kappa shape index (κ3) is 2.59.